The van der Waals surface area contributed by atoms with Crippen molar-refractivity contribution >= 4 is 52.0 Å². The molecule has 0 saturated heterocycles. The highest BCUT2D eigenvalue weighted by Crippen LogP contribution is 2.35. The highest BCUT2D eigenvalue weighted by molar-refractivity contribution is 7.99. The number of anilines is 1. The molecule has 0 bridgehead atoms. The van der Waals surface area contributed by atoms with E-state index in [0.717, 1.165) is 27.6 Å². The zero-order valence-corrected chi connectivity index (χ0v) is 20.5. The summed E-state index contributed by atoms with van der Waals surface area (Å²) in [4.78, 5) is 8.81. The number of nitrogens with one attached hydrogen (secondary N) is 1. The van der Waals surface area contributed by atoms with Crippen molar-refractivity contribution in [1.29, 1.82) is 5.26 Å². The lowest BCUT2D eigenvalue weighted by molar-refractivity contribution is 0.306. The van der Waals surface area contributed by atoms with Crippen LogP contribution in [0.1, 0.15) is 11.1 Å². The van der Waals surface area contributed by atoms with Gasteiger partial charge in [0.1, 0.15) is 25.0 Å². The minimum atomic E-state index is 0.273. The van der Waals surface area contributed by atoms with Gasteiger partial charge in [-0.3, -0.25) is 4.72 Å². The average Bonchev–Trinajstić information content (AvgIpc) is 2.86. The number of rotatable bonds is 9. The number of fused-ring (bicyclic) bond motifs is 1. The van der Waals surface area contributed by atoms with Crippen molar-refractivity contribution in [3.63, 3.8) is 0 Å². The third kappa shape index (κ3) is 5.65. The Morgan fingerprint density at radius 2 is 1.97 bits per heavy atom. The largest absolute Gasteiger partial charge is 0.489 e. The second-order valence-corrected chi connectivity index (χ2v) is 8.59. The maximum absolute atomic E-state index is 9.54. The number of halogens is 2. The smallest absolute Gasteiger partial charge is 0.233 e. The Morgan fingerprint density at radius 3 is 2.76 bits per heavy atom. The van der Waals surface area contributed by atoms with Crippen LogP contribution in [0, 0.1) is 11.3 Å². The first-order valence-electron chi connectivity index (χ1n) is 10.3. The number of nitrogens with zero attached hydrogens (tertiary/aromatic N) is 3. The van der Waals surface area contributed by atoms with E-state index in [1.54, 1.807) is 18.3 Å². The van der Waals surface area contributed by atoms with Crippen LogP contribution in [0.25, 0.3) is 22.0 Å². The molecule has 9 heteroatoms. The molecule has 0 atom stereocenters. The first-order chi connectivity index (χ1) is 16.6. The van der Waals surface area contributed by atoms with Crippen LogP contribution in [0.4, 0.5) is 5.95 Å². The van der Waals surface area contributed by atoms with Gasteiger partial charge in [0, 0.05) is 17.8 Å². The summed E-state index contributed by atoms with van der Waals surface area (Å²) in [6.45, 7) is 0.652. The highest BCUT2D eigenvalue weighted by atomic mass is 35.5. The average molecular weight is 511 g/mol. The van der Waals surface area contributed by atoms with Gasteiger partial charge in [-0.15, -0.1) is 11.6 Å². The fraction of sp³-hybridized carbons (Fsp3) is 0.160. The topological polar surface area (TPSA) is 80.1 Å². The van der Waals surface area contributed by atoms with E-state index in [9.17, 15) is 5.26 Å². The van der Waals surface area contributed by atoms with Crippen molar-refractivity contribution in [1.82, 2.24) is 9.97 Å². The molecule has 0 aliphatic carbocycles. The van der Waals surface area contributed by atoms with E-state index in [2.05, 4.69) is 20.8 Å². The van der Waals surface area contributed by atoms with Crippen molar-refractivity contribution in [2.45, 2.75) is 6.61 Å². The van der Waals surface area contributed by atoms with Crippen molar-refractivity contribution in [3.8, 4) is 28.7 Å². The van der Waals surface area contributed by atoms with Crippen LogP contribution in [0.2, 0.25) is 5.02 Å². The van der Waals surface area contributed by atoms with Gasteiger partial charge in [-0.1, -0.05) is 47.8 Å². The molecule has 0 fully saturated rings. The molecular weight excluding hydrogens is 491 g/mol. The summed E-state index contributed by atoms with van der Waals surface area (Å²) in [6.07, 6.45) is 3.71. The lowest BCUT2D eigenvalue weighted by Crippen LogP contribution is -2.01. The second kappa shape index (κ2) is 11.3. The van der Waals surface area contributed by atoms with Crippen molar-refractivity contribution < 1.29 is 9.47 Å². The van der Waals surface area contributed by atoms with E-state index in [4.69, 9.17) is 32.7 Å². The number of benzene rings is 3. The maximum atomic E-state index is 9.54. The first kappa shape index (κ1) is 24.0. The normalized spacial score (nSPS) is 10.6. The Kier molecular flexibility index (Phi) is 7.96. The summed E-state index contributed by atoms with van der Waals surface area (Å²) in [5.41, 5.74) is 3.85. The quantitative estimate of drug-likeness (QED) is 0.198. The van der Waals surface area contributed by atoms with Crippen LogP contribution in [-0.4, -0.2) is 28.7 Å². The third-order valence-electron chi connectivity index (χ3n) is 4.90. The number of hydrogen-bond donors (Lipinski definition) is 1. The number of alkyl halides is 1. The van der Waals surface area contributed by atoms with Gasteiger partial charge < -0.3 is 9.47 Å². The molecule has 0 spiro atoms. The molecule has 3 aromatic carbocycles. The lowest BCUT2D eigenvalue weighted by atomic mass is 10.0. The molecule has 1 N–H and O–H groups in total. The summed E-state index contributed by atoms with van der Waals surface area (Å²) in [5.74, 6) is 1.92. The fourth-order valence-electron chi connectivity index (χ4n) is 3.36. The van der Waals surface area contributed by atoms with Crippen LogP contribution in [0.5, 0.6) is 11.5 Å². The van der Waals surface area contributed by atoms with Crippen LogP contribution in [0.15, 0.2) is 60.8 Å². The minimum absolute atomic E-state index is 0.273. The molecule has 0 radical (unpaired) electrons. The molecule has 172 valence electrons. The van der Waals surface area contributed by atoms with Crippen molar-refractivity contribution in [2.75, 3.05) is 23.5 Å². The van der Waals surface area contributed by atoms with Gasteiger partial charge in [-0.2, -0.15) is 5.26 Å². The molecule has 1 heterocycles. The number of nitriles is 1. The van der Waals surface area contributed by atoms with Gasteiger partial charge in [-0.05, 0) is 47.0 Å². The van der Waals surface area contributed by atoms with Gasteiger partial charge in [0.25, 0.3) is 0 Å². The van der Waals surface area contributed by atoms with E-state index in [0.29, 0.717) is 40.5 Å². The Morgan fingerprint density at radius 1 is 1.09 bits per heavy atom. The van der Waals surface area contributed by atoms with Gasteiger partial charge >= 0.3 is 0 Å². The van der Waals surface area contributed by atoms with Gasteiger partial charge in [0.15, 0.2) is 5.75 Å². The van der Waals surface area contributed by atoms with Gasteiger partial charge in [-0.25, -0.2) is 9.97 Å². The molecule has 0 saturated carbocycles. The molecule has 4 aromatic rings. The summed E-state index contributed by atoms with van der Waals surface area (Å²) in [7, 11) is 0. The van der Waals surface area contributed by atoms with E-state index < -0.39 is 0 Å². The molecule has 0 unspecified atom stereocenters. The molecule has 0 aliphatic heterocycles. The predicted octanol–water partition coefficient (Wildman–Crippen LogP) is 6.71. The summed E-state index contributed by atoms with van der Waals surface area (Å²) in [6, 6.07) is 19.3. The monoisotopic (exact) mass is 510 g/mol. The molecular formula is C25H20Cl2N4O2S. The Bertz CT molecular complexity index is 1360. The Balaban J connectivity index is 1.53. The highest BCUT2D eigenvalue weighted by Gasteiger charge is 2.13. The Hall–Kier alpha value is -3.18. The second-order valence-electron chi connectivity index (χ2n) is 7.19. The van der Waals surface area contributed by atoms with Crippen molar-refractivity contribution in [3.05, 3.63) is 76.9 Å². The van der Waals surface area contributed by atoms with E-state index in [1.807, 2.05) is 48.7 Å². The standard InChI is InChI=1S/C25H20Cl2N4O2S/c1-34-31-25-29-14-18-6-5-16(9-23(18)30-25)15-33-21-4-2-3-17(11-21)19-10-20(13-28)24(22(27)12-19)32-8-7-26/h2-6,9-12,14H,7-8,15H2,1H3,(H,29,30,31). The van der Waals surface area contributed by atoms with Gasteiger partial charge in [0.05, 0.1) is 22.0 Å². The molecule has 34 heavy (non-hydrogen) atoms. The van der Waals surface area contributed by atoms with E-state index >= 15 is 0 Å². The number of hydrogen-bond acceptors (Lipinski definition) is 7. The SMILES string of the molecule is CSNc1ncc2ccc(COc3cccc(-c4cc(Cl)c(OCCCl)c(C#N)c4)c3)cc2n1. The summed E-state index contributed by atoms with van der Waals surface area (Å²) >= 11 is 13.5. The summed E-state index contributed by atoms with van der Waals surface area (Å²) in [5, 5.41) is 10.9. The number of ether oxygens (including phenoxy) is 2. The van der Waals surface area contributed by atoms with Crippen LogP contribution >= 0.6 is 35.1 Å². The lowest BCUT2D eigenvalue weighted by Gasteiger charge is -2.12. The van der Waals surface area contributed by atoms with E-state index in [-0.39, 0.29) is 6.61 Å². The Labute approximate surface area is 212 Å². The number of aromatic nitrogens is 2. The first-order valence-corrected chi connectivity index (χ1v) is 12.5. The zero-order chi connectivity index (χ0) is 23.9. The minimum Gasteiger partial charge on any atom is -0.489 e. The third-order valence-corrected chi connectivity index (χ3v) is 5.72. The summed E-state index contributed by atoms with van der Waals surface area (Å²) < 4.78 is 14.6. The van der Waals surface area contributed by atoms with Crippen molar-refractivity contribution in [2.24, 2.45) is 0 Å². The van der Waals surface area contributed by atoms with E-state index in [1.165, 1.54) is 11.9 Å². The molecule has 0 aliphatic rings. The molecule has 4 rings (SSSR count). The van der Waals surface area contributed by atoms with Crippen LogP contribution in [0.3, 0.4) is 0 Å². The molecule has 6 nitrogen and oxygen atoms in total. The van der Waals surface area contributed by atoms with Crippen LogP contribution < -0.4 is 14.2 Å². The van der Waals surface area contributed by atoms with Gasteiger partial charge in [0.2, 0.25) is 5.95 Å². The fourth-order valence-corrected chi connectivity index (χ4v) is 3.99. The predicted molar refractivity (Wildman–Crippen MR) is 139 cm³/mol. The zero-order valence-electron chi connectivity index (χ0n) is 18.2. The molecule has 1 aromatic heterocycles. The van der Waals surface area contributed by atoms with Crippen LogP contribution in [-0.2, 0) is 6.61 Å². The molecule has 0 amide bonds. The maximum Gasteiger partial charge on any atom is 0.233 e.